The highest BCUT2D eigenvalue weighted by atomic mass is 32.1. The van der Waals surface area contributed by atoms with Crippen molar-refractivity contribution in [2.24, 2.45) is 10.1 Å². The lowest BCUT2D eigenvalue weighted by molar-refractivity contribution is 0.848. The Morgan fingerprint density at radius 3 is 2.13 bits per heavy atom. The maximum Gasteiger partial charge on any atom is 0.205 e. The van der Waals surface area contributed by atoms with Crippen molar-refractivity contribution in [1.29, 1.82) is 0 Å². The molecule has 1 heterocycles. The van der Waals surface area contributed by atoms with Crippen LogP contribution in [0.5, 0.6) is 0 Å². The Hall–Kier alpha value is -2.46. The van der Waals surface area contributed by atoms with Crippen molar-refractivity contribution in [1.82, 2.24) is 4.68 Å². The molecule has 3 nitrogen and oxygen atoms in total. The molecule has 3 aromatic rings. The highest BCUT2D eigenvalue weighted by Gasteiger charge is 2.06. The zero-order valence-electron chi connectivity index (χ0n) is 13.5. The van der Waals surface area contributed by atoms with Crippen LogP contribution in [0.4, 0.5) is 0 Å². The van der Waals surface area contributed by atoms with Gasteiger partial charge in [-0.2, -0.15) is 5.10 Å². The average molecular weight is 321 g/mol. The predicted molar refractivity (Wildman–Crippen MR) is 98.1 cm³/mol. The molecule has 0 aliphatic rings. The van der Waals surface area contributed by atoms with Gasteiger partial charge in [-0.3, -0.25) is 4.99 Å². The van der Waals surface area contributed by atoms with E-state index in [2.05, 4.69) is 77.9 Å². The molecule has 0 aliphatic heterocycles. The summed E-state index contributed by atoms with van der Waals surface area (Å²) in [6, 6.07) is 16.8. The second-order valence-electron chi connectivity index (χ2n) is 5.46. The van der Waals surface area contributed by atoms with Crippen LogP contribution in [0.2, 0.25) is 0 Å². The van der Waals surface area contributed by atoms with E-state index in [1.807, 2.05) is 10.9 Å². The van der Waals surface area contributed by atoms with Gasteiger partial charge in [-0.1, -0.05) is 59.7 Å². The molecule has 0 atom stereocenters. The summed E-state index contributed by atoms with van der Waals surface area (Å²) in [6.07, 6.45) is 1.87. The van der Waals surface area contributed by atoms with Gasteiger partial charge in [0.15, 0.2) is 0 Å². The minimum absolute atomic E-state index is 0.879. The maximum atomic E-state index is 4.64. The van der Waals surface area contributed by atoms with Gasteiger partial charge in [0.1, 0.15) is 0 Å². The van der Waals surface area contributed by atoms with Crippen molar-refractivity contribution in [3.63, 3.8) is 0 Å². The summed E-state index contributed by atoms with van der Waals surface area (Å²) in [5.74, 6) is 0. The highest BCUT2D eigenvalue weighted by Crippen LogP contribution is 2.20. The first-order chi connectivity index (χ1) is 11.2. The van der Waals surface area contributed by atoms with Crippen LogP contribution in [0.15, 0.2) is 64.0 Å². The van der Waals surface area contributed by atoms with E-state index in [-0.39, 0.29) is 0 Å². The molecule has 116 valence electrons. The molecule has 0 N–H and O–H groups in total. The van der Waals surface area contributed by atoms with E-state index in [0.29, 0.717) is 0 Å². The van der Waals surface area contributed by atoms with Crippen molar-refractivity contribution in [2.75, 3.05) is 7.05 Å². The van der Waals surface area contributed by atoms with E-state index in [4.69, 9.17) is 0 Å². The summed E-state index contributed by atoms with van der Waals surface area (Å²) in [5, 5.41) is 6.74. The Balaban J connectivity index is 2.02. The lowest BCUT2D eigenvalue weighted by Gasteiger charge is -2.04. The summed E-state index contributed by atoms with van der Waals surface area (Å²) in [4.78, 5) is 5.21. The molecule has 23 heavy (non-hydrogen) atoms. The Morgan fingerprint density at radius 2 is 1.52 bits per heavy atom. The molecule has 0 unspecified atom stereocenters. The van der Waals surface area contributed by atoms with Crippen molar-refractivity contribution in [2.45, 2.75) is 13.8 Å². The zero-order chi connectivity index (χ0) is 16.2. The van der Waals surface area contributed by atoms with Crippen LogP contribution in [0.3, 0.4) is 0 Å². The number of aromatic nitrogens is 1. The Labute approximate surface area is 140 Å². The van der Waals surface area contributed by atoms with Crippen molar-refractivity contribution >= 4 is 17.6 Å². The second-order valence-corrected chi connectivity index (χ2v) is 6.30. The minimum atomic E-state index is 0.879. The van der Waals surface area contributed by atoms with Crippen LogP contribution in [0.1, 0.15) is 16.7 Å². The van der Waals surface area contributed by atoms with E-state index in [0.717, 1.165) is 21.6 Å². The minimum Gasteiger partial charge on any atom is -0.261 e. The van der Waals surface area contributed by atoms with Gasteiger partial charge in [0.05, 0.1) is 11.9 Å². The first kappa shape index (κ1) is 15.4. The highest BCUT2D eigenvalue weighted by molar-refractivity contribution is 7.07. The summed E-state index contributed by atoms with van der Waals surface area (Å²) < 4.78 is 1.90. The summed E-state index contributed by atoms with van der Waals surface area (Å²) in [6.45, 7) is 4.17. The SMILES string of the molecule is CN=c1scc(-c2ccc(C)cc2)n1N=Cc1ccc(C)cc1. The molecule has 0 bridgehead atoms. The first-order valence-corrected chi connectivity index (χ1v) is 8.37. The third kappa shape index (κ3) is 3.48. The van der Waals surface area contributed by atoms with Crippen LogP contribution in [0.25, 0.3) is 11.3 Å². The smallest absolute Gasteiger partial charge is 0.205 e. The topological polar surface area (TPSA) is 29.6 Å². The summed E-state index contributed by atoms with van der Waals surface area (Å²) >= 11 is 1.60. The fourth-order valence-electron chi connectivity index (χ4n) is 2.26. The van der Waals surface area contributed by atoms with E-state index in [1.165, 1.54) is 11.1 Å². The van der Waals surface area contributed by atoms with Crippen LogP contribution < -0.4 is 4.80 Å². The normalized spacial score (nSPS) is 12.2. The van der Waals surface area contributed by atoms with Crippen LogP contribution >= 0.6 is 11.3 Å². The third-order valence-corrected chi connectivity index (χ3v) is 4.53. The molecule has 0 aliphatic carbocycles. The second kappa shape index (κ2) is 6.75. The number of hydrogen-bond donors (Lipinski definition) is 0. The Kier molecular flexibility index (Phi) is 4.53. The van der Waals surface area contributed by atoms with Gasteiger partial charge in [0.25, 0.3) is 0 Å². The molecular formula is C19H19N3S. The van der Waals surface area contributed by atoms with Gasteiger partial charge in [-0.25, -0.2) is 4.68 Å². The Bertz CT molecular complexity index is 882. The number of thiazole rings is 1. The quantitative estimate of drug-likeness (QED) is 0.646. The van der Waals surface area contributed by atoms with Crippen LogP contribution in [-0.4, -0.2) is 17.9 Å². The van der Waals surface area contributed by atoms with Gasteiger partial charge in [-0.15, -0.1) is 11.3 Å². The van der Waals surface area contributed by atoms with Crippen molar-refractivity contribution < 1.29 is 0 Å². The van der Waals surface area contributed by atoms with E-state index < -0.39 is 0 Å². The molecule has 3 rings (SSSR count). The molecule has 0 fully saturated rings. The van der Waals surface area contributed by atoms with Gasteiger partial charge in [-0.05, 0) is 19.4 Å². The van der Waals surface area contributed by atoms with Crippen LogP contribution in [0, 0.1) is 13.8 Å². The molecule has 0 saturated heterocycles. The third-order valence-electron chi connectivity index (χ3n) is 3.62. The average Bonchev–Trinajstić information content (AvgIpc) is 2.98. The molecule has 2 aromatic carbocycles. The molecule has 0 saturated carbocycles. The largest absolute Gasteiger partial charge is 0.261 e. The number of benzene rings is 2. The van der Waals surface area contributed by atoms with E-state index in [9.17, 15) is 0 Å². The zero-order valence-corrected chi connectivity index (χ0v) is 14.3. The molecule has 1 aromatic heterocycles. The lowest BCUT2D eigenvalue weighted by atomic mass is 10.1. The van der Waals surface area contributed by atoms with Gasteiger partial charge in [0, 0.05) is 18.0 Å². The van der Waals surface area contributed by atoms with Crippen molar-refractivity contribution in [3.05, 3.63) is 75.4 Å². The monoisotopic (exact) mass is 321 g/mol. The Morgan fingerprint density at radius 1 is 0.913 bits per heavy atom. The van der Waals surface area contributed by atoms with E-state index in [1.54, 1.807) is 18.4 Å². The molecule has 4 heteroatoms. The fourth-order valence-corrected chi connectivity index (χ4v) is 3.07. The standard InChI is InChI=1S/C19H19N3S/c1-14-4-8-16(9-5-14)12-21-22-18(13-23-19(22)20-3)17-10-6-15(2)7-11-17/h4-13H,1-3H3. The summed E-state index contributed by atoms with van der Waals surface area (Å²) in [5.41, 5.74) is 5.77. The molecule has 0 amide bonds. The van der Waals surface area contributed by atoms with Crippen molar-refractivity contribution in [3.8, 4) is 11.3 Å². The number of rotatable bonds is 3. The molecule has 0 radical (unpaired) electrons. The lowest BCUT2D eigenvalue weighted by Crippen LogP contribution is -2.11. The number of aryl methyl sites for hydroxylation is 2. The predicted octanol–water partition coefficient (Wildman–Crippen LogP) is 4.25. The molecule has 0 spiro atoms. The maximum absolute atomic E-state index is 4.64. The first-order valence-electron chi connectivity index (χ1n) is 7.49. The van der Waals surface area contributed by atoms with E-state index >= 15 is 0 Å². The fraction of sp³-hybridized carbons (Fsp3) is 0.158. The van der Waals surface area contributed by atoms with Gasteiger partial charge >= 0.3 is 0 Å². The molecular weight excluding hydrogens is 302 g/mol. The van der Waals surface area contributed by atoms with Gasteiger partial charge < -0.3 is 0 Å². The number of nitrogens with zero attached hydrogens (tertiary/aromatic N) is 3. The number of hydrogen-bond acceptors (Lipinski definition) is 3. The van der Waals surface area contributed by atoms with Gasteiger partial charge in [0.2, 0.25) is 4.80 Å². The summed E-state index contributed by atoms with van der Waals surface area (Å²) in [7, 11) is 1.79. The van der Waals surface area contributed by atoms with Crippen LogP contribution in [-0.2, 0) is 0 Å².